The highest BCUT2D eigenvalue weighted by Gasteiger charge is 2.44. The molecule has 0 spiro atoms. The first-order valence-corrected chi connectivity index (χ1v) is 5.18. The Hall–Kier alpha value is -1.32. The average Bonchev–Trinajstić information content (AvgIpc) is 2.21. The van der Waals surface area contributed by atoms with Crippen LogP contribution < -0.4 is 11.5 Å². The summed E-state index contributed by atoms with van der Waals surface area (Å²) < 4.78 is 0. The van der Waals surface area contributed by atoms with Gasteiger partial charge >= 0.3 is 0 Å². The molecule has 4 heteroatoms. The van der Waals surface area contributed by atoms with Gasteiger partial charge in [0.25, 0.3) is 0 Å². The highest BCUT2D eigenvalue weighted by Crippen LogP contribution is 2.47. The van der Waals surface area contributed by atoms with Crippen molar-refractivity contribution in [1.82, 2.24) is 9.97 Å². The molecular weight excluding hydrogens is 188 g/mol. The average molecular weight is 206 g/mol. The normalized spacial score (nSPS) is 21.3. The van der Waals surface area contributed by atoms with E-state index in [1.807, 2.05) is 0 Å². The largest absolute Gasteiger partial charge is 0.381 e. The molecule has 0 radical (unpaired) electrons. The Labute approximate surface area is 90.1 Å². The summed E-state index contributed by atoms with van der Waals surface area (Å²) in [7, 11) is 0. The molecule has 4 N–H and O–H groups in total. The lowest BCUT2D eigenvalue weighted by Crippen LogP contribution is -2.18. The molecule has 15 heavy (non-hydrogen) atoms. The van der Waals surface area contributed by atoms with Crippen LogP contribution in [-0.4, -0.2) is 9.97 Å². The Morgan fingerprint density at radius 1 is 0.867 bits per heavy atom. The molecule has 1 aliphatic carbocycles. The van der Waals surface area contributed by atoms with Crippen molar-refractivity contribution in [2.75, 3.05) is 11.5 Å². The van der Waals surface area contributed by atoms with Crippen molar-refractivity contribution in [3.05, 3.63) is 11.4 Å². The van der Waals surface area contributed by atoms with Crippen molar-refractivity contribution >= 4 is 11.6 Å². The maximum Gasteiger partial charge on any atom is 0.166 e. The number of anilines is 2. The lowest BCUT2D eigenvalue weighted by atomic mass is 9.83. The predicted molar refractivity (Wildman–Crippen MR) is 61.5 cm³/mol. The van der Waals surface area contributed by atoms with Crippen LogP contribution in [0.25, 0.3) is 0 Å². The van der Waals surface area contributed by atoms with Gasteiger partial charge < -0.3 is 11.5 Å². The van der Waals surface area contributed by atoms with Gasteiger partial charge in [-0.15, -0.1) is 0 Å². The summed E-state index contributed by atoms with van der Waals surface area (Å²) in [6.45, 7) is 8.69. The standard InChI is InChI=1S/C11H18N4/c1-10(2)5-11(3,4)7-6(10)14-8(12)9(13)15-7/h5H2,1-4H3,(H2,12,14)(H2,13,15). The van der Waals surface area contributed by atoms with Crippen molar-refractivity contribution in [2.24, 2.45) is 0 Å². The van der Waals surface area contributed by atoms with E-state index in [2.05, 4.69) is 37.7 Å². The Balaban J connectivity index is 2.71. The highest BCUT2D eigenvalue weighted by molar-refractivity contribution is 5.55. The molecule has 0 saturated carbocycles. The summed E-state index contributed by atoms with van der Waals surface area (Å²) in [5.41, 5.74) is 13.5. The van der Waals surface area contributed by atoms with Gasteiger partial charge in [0, 0.05) is 10.8 Å². The molecule has 0 saturated heterocycles. The molecule has 0 atom stereocenters. The van der Waals surface area contributed by atoms with Gasteiger partial charge in [0.1, 0.15) is 0 Å². The van der Waals surface area contributed by atoms with Crippen molar-refractivity contribution < 1.29 is 0 Å². The van der Waals surface area contributed by atoms with Crippen molar-refractivity contribution in [3.63, 3.8) is 0 Å². The lowest BCUT2D eigenvalue weighted by molar-refractivity contribution is 0.396. The summed E-state index contributed by atoms with van der Waals surface area (Å²) in [5, 5.41) is 0. The van der Waals surface area contributed by atoms with Crippen LogP contribution in [0.5, 0.6) is 0 Å². The first-order chi connectivity index (χ1) is 6.74. The minimum Gasteiger partial charge on any atom is -0.381 e. The fraction of sp³-hybridized carbons (Fsp3) is 0.636. The van der Waals surface area contributed by atoms with Gasteiger partial charge in [-0.3, -0.25) is 0 Å². The number of nitrogen functional groups attached to an aromatic ring is 2. The number of hydrogen-bond acceptors (Lipinski definition) is 4. The maximum absolute atomic E-state index is 5.70. The minimum absolute atomic E-state index is 0.0354. The van der Waals surface area contributed by atoms with E-state index in [0.29, 0.717) is 11.6 Å². The fourth-order valence-electron chi connectivity index (χ4n) is 2.68. The van der Waals surface area contributed by atoms with Crippen LogP contribution >= 0.6 is 0 Å². The van der Waals surface area contributed by atoms with E-state index in [9.17, 15) is 0 Å². The Morgan fingerprint density at radius 3 is 1.53 bits per heavy atom. The van der Waals surface area contributed by atoms with Crippen molar-refractivity contribution in [3.8, 4) is 0 Å². The molecular formula is C11H18N4. The molecule has 82 valence electrons. The maximum atomic E-state index is 5.70. The fourth-order valence-corrected chi connectivity index (χ4v) is 2.68. The number of aromatic nitrogens is 2. The summed E-state index contributed by atoms with van der Waals surface area (Å²) >= 11 is 0. The van der Waals surface area contributed by atoms with E-state index < -0.39 is 0 Å². The van der Waals surface area contributed by atoms with Crippen molar-refractivity contribution in [2.45, 2.75) is 44.9 Å². The molecule has 0 amide bonds. The topological polar surface area (TPSA) is 77.8 Å². The van der Waals surface area contributed by atoms with E-state index in [1.165, 1.54) is 0 Å². The van der Waals surface area contributed by atoms with E-state index in [1.54, 1.807) is 0 Å². The molecule has 1 aliphatic rings. The monoisotopic (exact) mass is 206 g/mol. The zero-order valence-electron chi connectivity index (χ0n) is 9.76. The third-order valence-corrected chi connectivity index (χ3v) is 3.12. The van der Waals surface area contributed by atoms with E-state index in [4.69, 9.17) is 11.5 Å². The molecule has 0 bridgehead atoms. The first kappa shape index (κ1) is 10.2. The molecule has 1 aromatic heterocycles. The molecule has 0 aliphatic heterocycles. The van der Waals surface area contributed by atoms with Gasteiger partial charge in [0.2, 0.25) is 0 Å². The summed E-state index contributed by atoms with van der Waals surface area (Å²) in [6, 6.07) is 0. The second-order valence-corrected chi connectivity index (χ2v) is 5.64. The number of nitrogens with two attached hydrogens (primary N) is 2. The van der Waals surface area contributed by atoms with Crippen LogP contribution in [0.3, 0.4) is 0 Å². The Morgan fingerprint density at radius 2 is 1.20 bits per heavy atom. The lowest BCUT2D eigenvalue weighted by Gasteiger charge is -2.21. The first-order valence-electron chi connectivity index (χ1n) is 5.18. The molecule has 0 fully saturated rings. The van der Waals surface area contributed by atoms with Gasteiger partial charge in [0.15, 0.2) is 11.6 Å². The minimum atomic E-state index is 0.0354. The summed E-state index contributed by atoms with van der Waals surface area (Å²) in [4.78, 5) is 8.78. The van der Waals surface area contributed by atoms with Gasteiger partial charge in [-0.25, -0.2) is 9.97 Å². The molecule has 1 aromatic rings. The van der Waals surface area contributed by atoms with Crippen LogP contribution in [-0.2, 0) is 10.8 Å². The number of nitrogens with zero attached hydrogens (tertiary/aromatic N) is 2. The third kappa shape index (κ3) is 1.35. The molecule has 2 rings (SSSR count). The SMILES string of the molecule is CC1(C)CC(C)(C)c2nc(N)c(N)nc21. The van der Waals surface area contributed by atoms with E-state index in [-0.39, 0.29) is 10.8 Å². The second-order valence-electron chi connectivity index (χ2n) is 5.64. The summed E-state index contributed by atoms with van der Waals surface area (Å²) in [5.74, 6) is 0.694. The molecule has 0 aromatic carbocycles. The van der Waals surface area contributed by atoms with Crippen molar-refractivity contribution in [1.29, 1.82) is 0 Å². The van der Waals surface area contributed by atoms with Crippen LogP contribution in [0.15, 0.2) is 0 Å². The highest BCUT2D eigenvalue weighted by atomic mass is 15.0. The molecule has 0 unspecified atom stereocenters. The van der Waals surface area contributed by atoms with Gasteiger partial charge in [-0.2, -0.15) is 0 Å². The van der Waals surface area contributed by atoms with Gasteiger partial charge in [-0.1, -0.05) is 27.7 Å². The Kier molecular flexibility index (Phi) is 1.78. The molecule has 1 heterocycles. The number of fused-ring (bicyclic) bond motifs is 1. The summed E-state index contributed by atoms with van der Waals surface area (Å²) in [6.07, 6.45) is 1.03. The van der Waals surface area contributed by atoms with Crippen LogP contribution in [0, 0.1) is 0 Å². The number of rotatable bonds is 0. The van der Waals surface area contributed by atoms with Crippen LogP contribution in [0.2, 0.25) is 0 Å². The smallest absolute Gasteiger partial charge is 0.166 e. The number of hydrogen-bond donors (Lipinski definition) is 2. The zero-order chi connectivity index (χ0) is 11.4. The van der Waals surface area contributed by atoms with E-state index >= 15 is 0 Å². The van der Waals surface area contributed by atoms with Gasteiger partial charge in [0.05, 0.1) is 11.4 Å². The van der Waals surface area contributed by atoms with Crippen LogP contribution in [0.4, 0.5) is 11.6 Å². The Bertz CT molecular complexity index is 382. The van der Waals surface area contributed by atoms with Crippen LogP contribution in [0.1, 0.15) is 45.5 Å². The predicted octanol–water partition coefficient (Wildman–Crippen LogP) is 1.60. The third-order valence-electron chi connectivity index (χ3n) is 3.12. The van der Waals surface area contributed by atoms with E-state index in [0.717, 1.165) is 17.8 Å². The molecule has 4 nitrogen and oxygen atoms in total. The van der Waals surface area contributed by atoms with Gasteiger partial charge in [-0.05, 0) is 6.42 Å². The zero-order valence-corrected chi connectivity index (χ0v) is 9.76. The second kappa shape index (κ2) is 2.62. The quantitative estimate of drug-likeness (QED) is 0.676.